The van der Waals surface area contributed by atoms with Crippen LogP contribution in [0.3, 0.4) is 0 Å². The normalized spacial score (nSPS) is 11.8. The van der Waals surface area contributed by atoms with Crippen LogP contribution in [-0.4, -0.2) is 54.3 Å². The zero-order valence-electron chi connectivity index (χ0n) is 25.7. The lowest BCUT2D eigenvalue weighted by atomic mass is 9.98. The minimum absolute atomic E-state index is 0.218. The molecule has 0 saturated carbocycles. The summed E-state index contributed by atoms with van der Waals surface area (Å²) in [6, 6.07) is 26.6. The summed E-state index contributed by atoms with van der Waals surface area (Å²) in [5.74, 6) is -1.95. The van der Waals surface area contributed by atoms with E-state index in [9.17, 15) is 32.3 Å². The number of amides is 3. The Kier molecular flexibility index (Phi) is 9.83. The Bertz CT molecular complexity index is 1980. The van der Waals surface area contributed by atoms with E-state index in [4.69, 9.17) is 0 Å². The average Bonchev–Trinajstić information content (AvgIpc) is 3.09. The number of likely N-dealkylation sites (N-methyl/N-ethyl adjacent to an activating group) is 1. The van der Waals surface area contributed by atoms with Gasteiger partial charge in [0, 0.05) is 23.6 Å². The number of halogens is 3. The van der Waals surface area contributed by atoms with Crippen LogP contribution in [0, 0.1) is 0 Å². The van der Waals surface area contributed by atoms with Gasteiger partial charge >= 0.3 is 12.1 Å². The summed E-state index contributed by atoms with van der Waals surface area (Å²) in [4.78, 5) is 57.3. The maximum atomic E-state index is 13.4. The molecule has 2 N–H and O–H groups in total. The van der Waals surface area contributed by atoms with E-state index in [0.717, 1.165) is 12.1 Å². The highest BCUT2D eigenvalue weighted by molar-refractivity contribution is 6.09. The molecule has 0 aliphatic rings. The number of carbonyl (C=O) groups excluding carboxylic acids is 4. The standard InChI is InChI=1S/C36H29F3N4O5/c1-43(21-31(44)48-2)35(47)32(23-8-4-3-5-9-23)42-33(45)25-14-18-29-24(20-25)15-19-30(40-29)41-34(46)28-11-7-6-10-27(28)22-12-16-26(17-13-22)36(37,38)39/h3-20,32H,21H2,1-2H3,(H,42,45)(H,40,41,46)/t32-/m0/s1. The van der Waals surface area contributed by atoms with Crippen molar-refractivity contribution in [2.45, 2.75) is 12.2 Å². The van der Waals surface area contributed by atoms with Crippen LogP contribution in [0.4, 0.5) is 19.0 Å². The molecule has 0 saturated heterocycles. The van der Waals surface area contributed by atoms with Crippen molar-refractivity contribution in [3.63, 3.8) is 0 Å². The summed E-state index contributed by atoms with van der Waals surface area (Å²) in [6.07, 6.45) is -4.48. The SMILES string of the molecule is COC(=O)CN(C)C(=O)[C@@H](NC(=O)c1ccc2nc(NC(=O)c3ccccc3-c3ccc(C(F)(F)F)cc3)ccc2c1)c1ccccc1. The Morgan fingerprint density at radius 1 is 0.833 bits per heavy atom. The van der Waals surface area contributed by atoms with Gasteiger partial charge in [0.05, 0.1) is 18.2 Å². The molecule has 0 radical (unpaired) electrons. The van der Waals surface area contributed by atoms with Gasteiger partial charge in [-0.3, -0.25) is 19.2 Å². The van der Waals surface area contributed by atoms with Crippen molar-refractivity contribution in [3.05, 3.63) is 131 Å². The molecule has 48 heavy (non-hydrogen) atoms. The van der Waals surface area contributed by atoms with Crippen LogP contribution in [0.2, 0.25) is 0 Å². The Hall–Kier alpha value is -6.04. The second-order valence-electron chi connectivity index (χ2n) is 10.8. The maximum Gasteiger partial charge on any atom is 0.416 e. The number of methoxy groups -OCH3 is 1. The number of esters is 1. The van der Waals surface area contributed by atoms with Gasteiger partial charge in [0.15, 0.2) is 0 Å². The molecule has 4 aromatic carbocycles. The van der Waals surface area contributed by atoms with Crippen LogP contribution in [0.25, 0.3) is 22.0 Å². The van der Waals surface area contributed by atoms with Gasteiger partial charge in [-0.1, -0.05) is 60.7 Å². The molecule has 9 nitrogen and oxygen atoms in total. The molecule has 5 aromatic rings. The van der Waals surface area contributed by atoms with Crippen LogP contribution in [-0.2, 0) is 20.5 Å². The minimum Gasteiger partial charge on any atom is -0.468 e. The second-order valence-corrected chi connectivity index (χ2v) is 10.8. The monoisotopic (exact) mass is 654 g/mol. The Morgan fingerprint density at radius 2 is 1.52 bits per heavy atom. The summed E-state index contributed by atoms with van der Waals surface area (Å²) in [6.45, 7) is -0.296. The second kappa shape index (κ2) is 14.2. The van der Waals surface area contributed by atoms with Crippen molar-refractivity contribution in [3.8, 4) is 11.1 Å². The number of nitrogens with zero attached hydrogens (tertiary/aromatic N) is 2. The number of rotatable bonds is 9. The van der Waals surface area contributed by atoms with E-state index in [0.29, 0.717) is 27.6 Å². The van der Waals surface area contributed by atoms with E-state index in [1.165, 1.54) is 37.3 Å². The Morgan fingerprint density at radius 3 is 2.21 bits per heavy atom. The molecule has 5 rings (SSSR count). The number of hydrogen-bond acceptors (Lipinski definition) is 6. The number of benzene rings is 4. The fourth-order valence-corrected chi connectivity index (χ4v) is 5.00. The highest BCUT2D eigenvalue weighted by Crippen LogP contribution is 2.32. The average molecular weight is 655 g/mol. The van der Waals surface area contributed by atoms with Gasteiger partial charge in [-0.2, -0.15) is 13.2 Å². The molecule has 0 unspecified atom stereocenters. The van der Waals surface area contributed by atoms with E-state index in [-0.39, 0.29) is 23.5 Å². The lowest BCUT2D eigenvalue weighted by Crippen LogP contribution is -2.43. The van der Waals surface area contributed by atoms with Gasteiger partial charge < -0.3 is 20.3 Å². The molecule has 244 valence electrons. The predicted molar refractivity (Wildman–Crippen MR) is 173 cm³/mol. The lowest BCUT2D eigenvalue weighted by molar-refractivity contribution is -0.146. The summed E-state index contributed by atoms with van der Waals surface area (Å²) < 4.78 is 43.8. The minimum atomic E-state index is -4.48. The third-order valence-electron chi connectivity index (χ3n) is 7.51. The number of ether oxygens (including phenoxy) is 1. The fraction of sp³-hybridized carbons (Fsp3) is 0.139. The quantitative estimate of drug-likeness (QED) is 0.181. The highest BCUT2D eigenvalue weighted by Gasteiger charge is 2.30. The van der Waals surface area contributed by atoms with E-state index in [1.54, 1.807) is 78.9 Å². The first-order valence-electron chi connectivity index (χ1n) is 14.6. The van der Waals surface area contributed by atoms with Crippen LogP contribution in [0.15, 0.2) is 109 Å². The number of alkyl halides is 3. The first kappa shape index (κ1) is 33.3. The summed E-state index contributed by atoms with van der Waals surface area (Å²) in [5, 5.41) is 6.07. The summed E-state index contributed by atoms with van der Waals surface area (Å²) >= 11 is 0. The topological polar surface area (TPSA) is 118 Å². The van der Waals surface area contributed by atoms with Gasteiger partial charge in [0.1, 0.15) is 18.4 Å². The third kappa shape index (κ3) is 7.66. The van der Waals surface area contributed by atoms with Crippen LogP contribution in [0.1, 0.15) is 37.9 Å². The van der Waals surface area contributed by atoms with Gasteiger partial charge in [0.2, 0.25) is 5.91 Å². The summed E-state index contributed by atoms with van der Waals surface area (Å²) in [7, 11) is 2.65. The van der Waals surface area contributed by atoms with Crippen molar-refractivity contribution in [1.82, 2.24) is 15.2 Å². The van der Waals surface area contributed by atoms with Crippen molar-refractivity contribution in [1.29, 1.82) is 0 Å². The molecule has 0 bridgehead atoms. The molecule has 3 amide bonds. The predicted octanol–water partition coefficient (Wildman–Crippen LogP) is 6.28. The first-order chi connectivity index (χ1) is 22.9. The number of carbonyl (C=O) groups is 4. The van der Waals surface area contributed by atoms with Crippen molar-refractivity contribution in [2.75, 3.05) is 26.0 Å². The van der Waals surface area contributed by atoms with Crippen molar-refractivity contribution >= 4 is 40.4 Å². The zero-order chi connectivity index (χ0) is 34.4. The van der Waals surface area contributed by atoms with Gasteiger partial charge in [0.25, 0.3) is 11.8 Å². The smallest absolute Gasteiger partial charge is 0.416 e. The van der Waals surface area contributed by atoms with E-state index >= 15 is 0 Å². The van der Waals surface area contributed by atoms with Crippen molar-refractivity contribution in [2.24, 2.45) is 0 Å². The molecule has 0 fully saturated rings. The Balaban J connectivity index is 1.33. The molecule has 0 aliphatic heterocycles. The lowest BCUT2D eigenvalue weighted by Gasteiger charge is -2.24. The van der Waals surface area contributed by atoms with E-state index in [2.05, 4.69) is 20.4 Å². The Labute approximate surface area is 273 Å². The molecule has 0 aliphatic carbocycles. The number of anilines is 1. The van der Waals surface area contributed by atoms with Crippen LogP contribution in [0.5, 0.6) is 0 Å². The van der Waals surface area contributed by atoms with Gasteiger partial charge in [-0.15, -0.1) is 0 Å². The largest absolute Gasteiger partial charge is 0.468 e. The van der Waals surface area contributed by atoms with Crippen LogP contribution >= 0.6 is 0 Å². The van der Waals surface area contributed by atoms with Gasteiger partial charge in [-0.05, 0) is 65.2 Å². The van der Waals surface area contributed by atoms with Gasteiger partial charge in [-0.25, -0.2) is 4.98 Å². The molecule has 1 heterocycles. The number of fused-ring (bicyclic) bond motifs is 1. The van der Waals surface area contributed by atoms with Crippen LogP contribution < -0.4 is 10.6 Å². The molecule has 12 heteroatoms. The number of hydrogen-bond donors (Lipinski definition) is 2. The first-order valence-corrected chi connectivity index (χ1v) is 14.6. The van der Waals surface area contributed by atoms with E-state index in [1.807, 2.05) is 0 Å². The maximum absolute atomic E-state index is 13.4. The number of nitrogens with one attached hydrogen (secondary N) is 2. The summed E-state index contributed by atoms with van der Waals surface area (Å²) in [5.41, 5.74) is 1.58. The fourth-order valence-electron chi connectivity index (χ4n) is 5.00. The zero-order valence-corrected chi connectivity index (χ0v) is 25.7. The highest BCUT2D eigenvalue weighted by atomic mass is 19.4. The van der Waals surface area contributed by atoms with Crippen molar-refractivity contribution < 1.29 is 37.1 Å². The molecule has 0 spiro atoms. The number of aromatic nitrogens is 1. The third-order valence-corrected chi connectivity index (χ3v) is 7.51. The molecule has 1 aromatic heterocycles. The number of pyridine rings is 1. The molecule has 1 atom stereocenters. The molecular weight excluding hydrogens is 625 g/mol. The van der Waals surface area contributed by atoms with E-state index < -0.39 is 41.5 Å². The molecular formula is C36H29F3N4O5.